The molecule has 0 bridgehead atoms. The SMILES string of the molecule is C\C(Cl)=C(Cl)/C(=C/C=c1\cc2c(c(CCS)c1O)=NCCC2)C(=O)OCCCCCS. The minimum atomic E-state index is -0.546. The van der Waals surface area contributed by atoms with Gasteiger partial charge in [-0.05, 0) is 74.7 Å². The quantitative estimate of drug-likeness (QED) is 0.145. The Morgan fingerprint density at radius 3 is 2.71 bits per heavy atom. The summed E-state index contributed by atoms with van der Waals surface area (Å²) >= 11 is 20.8. The van der Waals surface area contributed by atoms with Crippen molar-refractivity contribution in [3.63, 3.8) is 0 Å². The van der Waals surface area contributed by atoms with Crippen LogP contribution in [0.4, 0.5) is 0 Å². The molecule has 0 atom stereocenters. The van der Waals surface area contributed by atoms with Crippen LogP contribution < -0.4 is 10.6 Å². The molecule has 1 aliphatic heterocycles. The van der Waals surface area contributed by atoms with Crippen molar-refractivity contribution in [1.29, 1.82) is 0 Å². The number of thiol groups is 2. The van der Waals surface area contributed by atoms with E-state index in [2.05, 4.69) is 30.2 Å². The van der Waals surface area contributed by atoms with E-state index in [0.29, 0.717) is 24.0 Å². The number of phenolic OH excluding ortho intramolecular Hbond substituents is 1. The minimum Gasteiger partial charge on any atom is -0.507 e. The lowest BCUT2D eigenvalue weighted by molar-refractivity contribution is -0.138. The summed E-state index contributed by atoms with van der Waals surface area (Å²) in [6.07, 6.45) is 8.35. The number of allylic oxidation sites excluding steroid dienone is 2. The number of rotatable bonds is 10. The lowest BCUT2D eigenvalue weighted by Crippen LogP contribution is -2.26. The number of carbonyl (C=O) groups is 1. The number of unbranched alkanes of at least 4 members (excludes halogenated alkanes) is 2. The third-order valence-corrected chi connectivity index (χ3v) is 6.25. The molecule has 0 unspecified atom stereocenters. The smallest absolute Gasteiger partial charge is 0.339 e. The molecule has 0 aromatic heterocycles. The van der Waals surface area contributed by atoms with E-state index in [0.717, 1.165) is 60.9 Å². The summed E-state index contributed by atoms with van der Waals surface area (Å²) in [5, 5.41) is 12.7. The molecule has 0 radical (unpaired) electrons. The monoisotopic (exact) mass is 501 g/mol. The van der Waals surface area contributed by atoms with Gasteiger partial charge in [-0.15, -0.1) is 0 Å². The van der Waals surface area contributed by atoms with Gasteiger partial charge in [0.2, 0.25) is 0 Å². The van der Waals surface area contributed by atoms with Gasteiger partial charge in [0, 0.05) is 22.4 Å². The highest BCUT2D eigenvalue weighted by molar-refractivity contribution is 7.80. The molecule has 1 heterocycles. The second-order valence-corrected chi connectivity index (χ2v) is 9.11. The molecule has 0 spiro atoms. The highest BCUT2D eigenvalue weighted by Gasteiger charge is 2.17. The molecule has 0 fully saturated rings. The summed E-state index contributed by atoms with van der Waals surface area (Å²) in [5.41, 5.74) is 2.03. The maximum atomic E-state index is 12.6. The van der Waals surface area contributed by atoms with Gasteiger partial charge in [-0.2, -0.15) is 25.3 Å². The second-order valence-electron chi connectivity index (χ2n) is 7.27. The fourth-order valence-electron chi connectivity index (χ4n) is 3.35. The number of fused-ring (bicyclic) bond motifs is 1. The van der Waals surface area contributed by atoms with E-state index in [-0.39, 0.29) is 21.4 Å². The predicted molar refractivity (Wildman–Crippen MR) is 135 cm³/mol. The molecular weight excluding hydrogens is 473 g/mol. The molecule has 170 valence electrons. The molecule has 1 aliphatic rings. The van der Waals surface area contributed by atoms with Crippen LogP contribution in [0.25, 0.3) is 6.08 Å². The zero-order chi connectivity index (χ0) is 22.8. The summed E-state index contributed by atoms with van der Waals surface area (Å²) < 4.78 is 5.38. The fourth-order valence-corrected chi connectivity index (χ4v) is 4.04. The summed E-state index contributed by atoms with van der Waals surface area (Å²) in [6, 6.07) is 1.91. The molecule has 0 aliphatic carbocycles. The molecule has 0 saturated heterocycles. The number of ether oxygens (including phenoxy) is 1. The number of esters is 1. The number of hydrogen-bond acceptors (Lipinski definition) is 6. The third-order valence-electron chi connectivity index (χ3n) is 4.94. The van der Waals surface area contributed by atoms with Gasteiger partial charge in [0.15, 0.2) is 0 Å². The van der Waals surface area contributed by atoms with Gasteiger partial charge in [-0.3, -0.25) is 4.99 Å². The molecule has 1 aromatic rings. The number of phenols is 1. The van der Waals surface area contributed by atoms with Crippen LogP contribution in [-0.2, 0) is 22.4 Å². The zero-order valence-corrected chi connectivity index (χ0v) is 21.0. The van der Waals surface area contributed by atoms with E-state index in [4.69, 9.17) is 27.9 Å². The van der Waals surface area contributed by atoms with Gasteiger partial charge >= 0.3 is 5.97 Å². The van der Waals surface area contributed by atoms with Crippen molar-refractivity contribution < 1.29 is 14.6 Å². The van der Waals surface area contributed by atoms with Crippen molar-refractivity contribution in [1.82, 2.24) is 0 Å². The predicted octanol–water partition coefficient (Wildman–Crippen LogP) is 4.49. The summed E-state index contributed by atoms with van der Waals surface area (Å²) in [7, 11) is 0. The van der Waals surface area contributed by atoms with Gasteiger partial charge in [0.25, 0.3) is 0 Å². The van der Waals surface area contributed by atoms with E-state index in [9.17, 15) is 9.90 Å². The highest BCUT2D eigenvalue weighted by atomic mass is 35.5. The molecule has 1 aromatic carbocycles. The normalized spacial score (nSPS) is 15.3. The Morgan fingerprint density at radius 2 is 2.03 bits per heavy atom. The van der Waals surface area contributed by atoms with Crippen LogP contribution in [-0.4, -0.2) is 35.7 Å². The van der Waals surface area contributed by atoms with Crippen LogP contribution in [0.1, 0.15) is 43.7 Å². The number of benzene rings is 1. The first kappa shape index (κ1) is 26.2. The highest BCUT2D eigenvalue weighted by Crippen LogP contribution is 2.23. The molecule has 1 N–H and O–H groups in total. The first-order chi connectivity index (χ1) is 14.9. The molecule has 8 heteroatoms. The van der Waals surface area contributed by atoms with Crippen LogP contribution in [0.5, 0.6) is 5.75 Å². The van der Waals surface area contributed by atoms with E-state index < -0.39 is 5.97 Å². The third kappa shape index (κ3) is 7.48. The van der Waals surface area contributed by atoms with Crippen molar-refractivity contribution in [3.8, 4) is 5.75 Å². The van der Waals surface area contributed by atoms with Crippen molar-refractivity contribution in [3.05, 3.63) is 49.5 Å². The molecular formula is C23H29Cl2NO3S2. The van der Waals surface area contributed by atoms with Gasteiger partial charge in [0.05, 0.1) is 22.6 Å². The van der Waals surface area contributed by atoms with Gasteiger partial charge in [-0.25, -0.2) is 4.79 Å². The Hall–Kier alpha value is -1.08. The first-order valence-corrected chi connectivity index (χ1v) is 12.4. The van der Waals surface area contributed by atoms with E-state index in [1.807, 2.05) is 6.07 Å². The maximum Gasteiger partial charge on any atom is 0.339 e. The topological polar surface area (TPSA) is 58.9 Å². The number of aryl methyl sites for hydroxylation is 1. The van der Waals surface area contributed by atoms with Crippen LogP contribution in [0.3, 0.4) is 0 Å². The Balaban J connectivity index is 2.43. The van der Waals surface area contributed by atoms with E-state index >= 15 is 0 Å². The molecule has 0 saturated carbocycles. The first-order valence-electron chi connectivity index (χ1n) is 10.4. The molecule has 31 heavy (non-hydrogen) atoms. The molecule has 0 amide bonds. The van der Waals surface area contributed by atoms with Crippen LogP contribution in [0.2, 0.25) is 0 Å². The lowest BCUT2D eigenvalue weighted by Gasteiger charge is -2.13. The Labute approximate surface area is 204 Å². The second kappa shape index (κ2) is 13.5. The lowest BCUT2D eigenvalue weighted by atomic mass is 9.98. The number of hydrogen-bond donors (Lipinski definition) is 3. The summed E-state index contributed by atoms with van der Waals surface area (Å²) in [4.78, 5) is 17.2. The summed E-state index contributed by atoms with van der Waals surface area (Å²) in [6.45, 7) is 2.67. The standard InChI is InChI=1S/C23H29Cl2NO3S2/c1-15(24)20(25)18(23(28)29-11-3-2-4-12-30)8-7-17-14-16-6-5-10-26-21(16)19(9-13-31)22(17)27/h7-8,14,27,30-31H,2-6,9-13H2,1H3/b17-7+,18-8-,20-15-. The van der Waals surface area contributed by atoms with Crippen molar-refractivity contribution in [2.75, 3.05) is 24.7 Å². The van der Waals surface area contributed by atoms with Crippen LogP contribution in [0.15, 0.2) is 32.8 Å². The van der Waals surface area contributed by atoms with Crippen molar-refractivity contribution in [2.24, 2.45) is 4.99 Å². The van der Waals surface area contributed by atoms with E-state index in [1.54, 1.807) is 19.1 Å². The Morgan fingerprint density at radius 1 is 1.26 bits per heavy atom. The number of halogens is 2. The van der Waals surface area contributed by atoms with Crippen molar-refractivity contribution in [2.45, 2.75) is 45.4 Å². The van der Waals surface area contributed by atoms with Gasteiger partial charge in [0.1, 0.15) is 5.75 Å². The number of nitrogens with zero attached hydrogens (tertiary/aromatic N) is 1. The number of carbonyl (C=O) groups excluding carboxylic acids is 1. The number of aromatic hydroxyl groups is 1. The Bertz CT molecular complexity index is 970. The van der Waals surface area contributed by atoms with Gasteiger partial charge in [-0.1, -0.05) is 29.3 Å². The van der Waals surface area contributed by atoms with Crippen LogP contribution in [0, 0.1) is 0 Å². The minimum absolute atomic E-state index is 0.126. The maximum absolute atomic E-state index is 12.6. The Kier molecular flexibility index (Phi) is 11.4. The van der Waals surface area contributed by atoms with Crippen molar-refractivity contribution >= 4 is 60.5 Å². The summed E-state index contributed by atoms with van der Waals surface area (Å²) in [5.74, 6) is 1.01. The van der Waals surface area contributed by atoms with Gasteiger partial charge < -0.3 is 9.84 Å². The van der Waals surface area contributed by atoms with E-state index in [1.165, 1.54) is 0 Å². The molecule has 4 nitrogen and oxygen atoms in total. The average Bonchev–Trinajstić information content (AvgIpc) is 2.76. The largest absolute Gasteiger partial charge is 0.507 e. The zero-order valence-electron chi connectivity index (χ0n) is 17.7. The van der Waals surface area contributed by atoms with Crippen LogP contribution >= 0.6 is 48.5 Å². The average molecular weight is 503 g/mol. The molecule has 2 rings (SSSR count). The fraction of sp³-hybridized carbons (Fsp3) is 0.478.